The molecule has 0 atom stereocenters. The van der Waals surface area contributed by atoms with Crippen LogP contribution in [0.15, 0.2) is 30.9 Å². The van der Waals surface area contributed by atoms with Gasteiger partial charge in [0.25, 0.3) is 0 Å². The largest absolute Gasteiger partial charge is 0.462 e. The quantitative estimate of drug-likeness (QED) is 0.584. The van der Waals surface area contributed by atoms with Crippen LogP contribution < -0.4 is 0 Å². The van der Waals surface area contributed by atoms with E-state index in [1.165, 1.54) is 6.07 Å². The van der Waals surface area contributed by atoms with Crippen molar-refractivity contribution in [3.63, 3.8) is 0 Å². The molecule has 1 rings (SSSR count). The van der Waals surface area contributed by atoms with Crippen molar-refractivity contribution < 1.29 is 19.1 Å². The maximum atomic E-state index is 11.7. The van der Waals surface area contributed by atoms with Gasteiger partial charge in [0.1, 0.15) is 0 Å². The number of hydrogen-bond donors (Lipinski definition) is 0. The van der Waals surface area contributed by atoms with Crippen LogP contribution in [0.4, 0.5) is 0 Å². The van der Waals surface area contributed by atoms with E-state index in [0.29, 0.717) is 30.8 Å². The van der Waals surface area contributed by atoms with Gasteiger partial charge in [0.05, 0.1) is 24.3 Å². The number of hydrogen-bond acceptors (Lipinski definition) is 4. The average molecular weight is 262 g/mol. The maximum Gasteiger partial charge on any atom is 0.338 e. The van der Waals surface area contributed by atoms with Crippen molar-refractivity contribution in [2.75, 3.05) is 13.2 Å². The van der Waals surface area contributed by atoms with Crippen molar-refractivity contribution >= 4 is 11.9 Å². The number of ether oxygens (including phenoxy) is 2. The molecule has 0 saturated heterocycles. The minimum Gasteiger partial charge on any atom is -0.462 e. The third-order valence-corrected chi connectivity index (χ3v) is 2.40. The lowest BCUT2D eigenvalue weighted by atomic mass is 10.0. The Kier molecular flexibility index (Phi) is 5.79. The fraction of sp³-hybridized carbons (Fsp3) is 0.333. The molecule has 19 heavy (non-hydrogen) atoms. The van der Waals surface area contributed by atoms with Gasteiger partial charge in [0, 0.05) is 0 Å². The molecule has 0 aliphatic rings. The van der Waals surface area contributed by atoms with Crippen LogP contribution in [0.25, 0.3) is 0 Å². The van der Waals surface area contributed by atoms with Crippen molar-refractivity contribution in [3.05, 3.63) is 47.5 Å². The molecule has 4 nitrogen and oxygen atoms in total. The maximum absolute atomic E-state index is 11.7. The van der Waals surface area contributed by atoms with Crippen LogP contribution in [-0.4, -0.2) is 25.2 Å². The van der Waals surface area contributed by atoms with Crippen LogP contribution in [-0.2, 0) is 15.9 Å². The molecule has 0 amide bonds. The van der Waals surface area contributed by atoms with Crippen molar-refractivity contribution in [2.45, 2.75) is 20.3 Å². The van der Waals surface area contributed by atoms with Gasteiger partial charge >= 0.3 is 11.9 Å². The van der Waals surface area contributed by atoms with Crippen LogP contribution >= 0.6 is 0 Å². The summed E-state index contributed by atoms with van der Waals surface area (Å²) in [5.74, 6) is -0.891. The summed E-state index contributed by atoms with van der Waals surface area (Å²) in [7, 11) is 0. The Labute approximate surface area is 113 Å². The van der Waals surface area contributed by atoms with E-state index in [2.05, 4.69) is 6.58 Å². The molecule has 0 aliphatic heterocycles. The highest BCUT2D eigenvalue weighted by molar-refractivity contribution is 5.95. The first-order valence-corrected chi connectivity index (χ1v) is 6.21. The van der Waals surface area contributed by atoms with E-state index in [1.807, 2.05) is 0 Å². The Morgan fingerprint density at radius 2 is 1.53 bits per heavy atom. The highest BCUT2D eigenvalue weighted by Gasteiger charge is 2.14. The van der Waals surface area contributed by atoms with E-state index in [0.717, 1.165) is 5.56 Å². The molecule has 1 aromatic rings. The van der Waals surface area contributed by atoms with Crippen molar-refractivity contribution in [1.29, 1.82) is 0 Å². The number of rotatable bonds is 6. The number of carbonyl (C=O) groups is 2. The molecular weight excluding hydrogens is 244 g/mol. The van der Waals surface area contributed by atoms with Crippen LogP contribution in [0.1, 0.15) is 40.1 Å². The molecule has 0 heterocycles. The van der Waals surface area contributed by atoms with Gasteiger partial charge in [-0.1, -0.05) is 6.08 Å². The predicted molar refractivity (Wildman–Crippen MR) is 72.3 cm³/mol. The normalized spacial score (nSPS) is 9.79. The molecular formula is C15H18O4. The highest BCUT2D eigenvalue weighted by atomic mass is 16.5. The van der Waals surface area contributed by atoms with Gasteiger partial charge in [-0.2, -0.15) is 0 Å². The average Bonchev–Trinajstić information content (AvgIpc) is 2.39. The lowest BCUT2D eigenvalue weighted by molar-refractivity contribution is 0.0525. The van der Waals surface area contributed by atoms with Gasteiger partial charge in [-0.05, 0) is 44.0 Å². The predicted octanol–water partition coefficient (Wildman–Crippen LogP) is 2.77. The van der Waals surface area contributed by atoms with Crippen molar-refractivity contribution in [1.82, 2.24) is 0 Å². The van der Waals surface area contributed by atoms with E-state index < -0.39 is 11.9 Å². The van der Waals surface area contributed by atoms with Crippen molar-refractivity contribution in [3.8, 4) is 0 Å². The van der Waals surface area contributed by atoms with E-state index in [1.54, 1.807) is 32.1 Å². The summed E-state index contributed by atoms with van der Waals surface area (Å²) in [6.45, 7) is 7.69. The Bertz CT molecular complexity index is 441. The van der Waals surface area contributed by atoms with E-state index in [-0.39, 0.29) is 0 Å². The van der Waals surface area contributed by atoms with E-state index in [9.17, 15) is 9.59 Å². The first-order valence-electron chi connectivity index (χ1n) is 6.21. The summed E-state index contributed by atoms with van der Waals surface area (Å²) in [6.07, 6.45) is 2.28. The van der Waals surface area contributed by atoms with E-state index in [4.69, 9.17) is 9.47 Å². The fourth-order valence-electron chi connectivity index (χ4n) is 1.64. The molecule has 0 radical (unpaired) electrons. The third kappa shape index (κ3) is 4.25. The zero-order valence-electron chi connectivity index (χ0n) is 11.3. The summed E-state index contributed by atoms with van der Waals surface area (Å²) in [5, 5.41) is 0. The fourth-order valence-corrected chi connectivity index (χ4v) is 1.64. The summed E-state index contributed by atoms with van der Waals surface area (Å²) in [4.78, 5) is 23.5. The van der Waals surface area contributed by atoms with Crippen LogP contribution in [0.5, 0.6) is 0 Å². The Balaban J connectivity index is 3.13. The van der Waals surface area contributed by atoms with E-state index >= 15 is 0 Å². The lowest BCUT2D eigenvalue weighted by Crippen LogP contribution is -2.10. The number of esters is 2. The van der Waals surface area contributed by atoms with Gasteiger partial charge in [-0.15, -0.1) is 6.58 Å². The molecule has 1 aromatic carbocycles. The molecule has 4 heteroatoms. The zero-order valence-corrected chi connectivity index (χ0v) is 11.3. The Morgan fingerprint density at radius 3 is 1.89 bits per heavy atom. The SMILES string of the molecule is C=CCc1cc(C(=O)OCC)cc(C(=O)OCC)c1. The number of benzene rings is 1. The van der Waals surface area contributed by atoms with Crippen molar-refractivity contribution in [2.24, 2.45) is 0 Å². The second-order valence-electron chi connectivity index (χ2n) is 3.85. The minimum atomic E-state index is -0.445. The monoisotopic (exact) mass is 262 g/mol. The molecule has 0 unspecified atom stereocenters. The molecule has 0 fully saturated rings. The molecule has 0 aliphatic carbocycles. The van der Waals surface area contributed by atoms with Gasteiger partial charge in [0.15, 0.2) is 0 Å². The molecule has 0 saturated carbocycles. The summed E-state index contributed by atoms with van der Waals surface area (Å²) >= 11 is 0. The first kappa shape index (κ1) is 15.0. The summed E-state index contributed by atoms with van der Waals surface area (Å²) in [5.41, 5.74) is 1.53. The van der Waals surface area contributed by atoms with Crippen LogP contribution in [0, 0.1) is 0 Å². The first-order chi connectivity index (χ1) is 9.12. The number of carbonyl (C=O) groups excluding carboxylic acids is 2. The van der Waals surface area contributed by atoms with Crippen LogP contribution in [0.2, 0.25) is 0 Å². The molecule has 0 aromatic heterocycles. The number of allylic oxidation sites excluding steroid dienone is 1. The molecule has 0 bridgehead atoms. The van der Waals surface area contributed by atoms with Gasteiger partial charge < -0.3 is 9.47 Å². The summed E-state index contributed by atoms with van der Waals surface area (Å²) in [6, 6.07) is 4.88. The topological polar surface area (TPSA) is 52.6 Å². The summed E-state index contributed by atoms with van der Waals surface area (Å²) < 4.78 is 9.88. The minimum absolute atomic E-state index is 0.291. The lowest BCUT2D eigenvalue weighted by Gasteiger charge is -2.08. The standard InChI is InChI=1S/C15H18O4/c1-4-7-11-8-12(14(16)18-5-2)10-13(9-11)15(17)19-6-3/h4,8-10H,1,5-7H2,2-3H3. The molecule has 0 spiro atoms. The zero-order chi connectivity index (χ0) is 14.3. The third-order valence-electron chi connectivity index (χ3n) is 2.40. The second kappa shape index (κ2) is 7.36. The Morgan fingerprint density at radius 1 is 1.05 bits per heavy atom. The van der Waals surface area contributed by atoms with Gasteiger partial charge in [-0.25, -0.2) is 9.59 Å². The van der Waals surface area contributed by atoms with Gasteiger partial charge in [0.2, 0.25) is 0 Å². The smallest absolute Gasteiger partial charge is 0.338 e. The highest BCUT2D eigenvalue weighted by Crippen LogP contribution is 2.14. The molecule has 102 valence electrons. The van der Waals surface area contributed by atoms with Crippen LogP contribution in [0.3, 0.4) is 0 Å². The van der Waals surface area contributed by atoms with Gasteiger partial charge in [-0.3, -0.25) is 0 Å². The second-order valence-corrected chi connectivity index (χ2v) is 3.85. The molecule has 0 N–H and O–H groups in total. The Hall–Kier alpha value is -2.10.